The van der Waals surface area contributed by atoms with Crippen LogP contribution in [-0.4, -0.2) is 11.8 Å². The zero-order chi connectivity index (χ0) is 24.4. The van der Waals surface area contributed by atoms with Crippen LogP contribution < -0.4 is 10.6 Å². The van der Waals surface area contributed by atoms with Crippen LogP contribution in [-0.2, 0) is 28.9 Å². The van der Waals surface area contributed by atoms with Gasteiger partial charge in [-0.3, -0.25) is 9.59 Å². The molecule has 2 aromatic carbocycles. The molecule has 4 nitrogen and oxygen atoms in total. The molecule has 0 atom stereocenters. The van der Waals surface area contributed by atoms with Crippen molar-refractivity contribution in [1.29, 1.82) is 0 Å². The Bertz CT molecular complexity index is 885. The number of hydrogen-bond acceptors (Lipinski definition) is 2. The van der Waals surface area contributed by atoms with Gasteiger partial charge in [0.1, 0.15) is 0 Å². The lowest BCUT2D eigenvalue weighted by Crippen LogP contribution is -2.14. The van der Waals surface area contributed by atoms with Gasteiger partial charge in [-0.15, -0.1) is 0 Å². The first-order valence-electron chi connectivity index (χ1n) is 12.7. The van der Waals surface area contributed by atoms with Crippen LogP contribution in [0.1, 0.15) is 99.6 Å². The number of nitrogens with one attached hydrogen (secondary N) is 2. The molecule has 0 heterocycles. The van der Waals surface area contributed by atoms with Gasteiger partial charge in [0, 0.05) is 24.2 Å². The molecule has 0 aromatic heterocycles. The van der Waals surface area contributed by atoms with Crippen LogP contribution in [0, 0.1) is 13.8 Å². The lowest BCUT2D eigenvalue weighted by molar-refractivity contribution is -0.117. The second-order valence-corrected chi connectivity index (χ2v) is 9.08. The van der Waals surface area contributed by atoms with Crippen LogP contribution >= 0.6 is 0 Å². The van der Waals surface area contributed by atoms with E-state index in [4.69, 9.17) is 0 Å². The van der Waals surface area contributed by atoms with E-state index < -0.39 is 0 Å². The molecule has 4 heteroatoms. The van der Waals surface area contributed by atoms with Gasteiger partial charge in [0.15, 0.2) is 0 Å². The summed E-state index contributed by atoms with van der Waals surface area (Å²) >= 11 is 0. The van der Waals surface area contributed by atoms with Crippen LogP contribution in [0.4, 0.5) is 11.4 Å². The van der Waals surface area contributed by atoms with Gasteiger partial charge < -0.3 is 10.6 Å². The molecule has 0 bridgehead atoms. The van der Waals surface area contributed by atoms with Crippen molar-refractivity contribution in [3.05, 3.63) is 57.6 Å². The molecule has 0 fully saturated rings. The minimum atomic E-state index is 0.0992. The molecule has 0 aliphatic rings. The van der Waals surface area contributed by atoms with Gasteiger partial charge in [-0.05, 0) is 79.3 Å². The molecule has 33 heavy (non-hydrogen) atoms. The maximum absolute atomic E-state index is 12.3. The maximum atomic E-state index is 12.3. The third kappa shape index (κ3) is 7.73. The lowest BCUT2D eigenvalue weighted by Gasteiger charge is -2.18. The van der Waals surface area contributed by atoms with Gasteiger partial charge in [0.25, 0.3) is 0 Å². The zero-order valence-corrected chi connectivity index (χ0v) is 21.5. The van der Waals surface area contributed by atoms with Crippen molar-refractivity contribution in [1.82, 2.24) is 0 Å². The van der Waals surface area contributed by atoms with Crippen molar-refractivity contribution in [2.75, 3.05) is 10.6 Å². The number of unbranched alkanes of at least 4 members (excludes halogenated alkanes) is 2. The summed E-state index contributed by atoms with van der Waals surface area (Å²) in [6, 6.07) is 8.83. The van der Waals surface area contributed by atoms with Crippen molar-refractivity contribution < 1.29 is 9.59 Å². The van der Waals surface area contributed by atoms with Crippen molar-refractivity contribution in [3.63, 3.8) is 0 Å². The van der Waals surface area contributed by atoms with Crippen molar-refractivity contribution >= 4 is 23.2 Å². The average molecular weight is 451 g/mol. The summed E-state index contributed by atoms with van der Waals surface area (Å²) < 4.78 is 0. The summed E-state index contributed by atoms with van der Waals surface area (Å²) in [5.41, 5.74) is 9.03. The van der Waals surface area contributed by atoms with E-state index in [1.165, 1.54) is 22.3 Å². The van der Waals surface area contributed by atoms with Crippen LogP contribution in [0.5, 0.6) is 0 Å². The van der Waals surface area contributed by atoms with E-state index in [2.05, 4.69) is 76.4 Å². The molecule has 0 spiro atoms. The Morgan fingerprint density at radius 3 is 1.39 bits per heavy atom. The Morgan fingerprint density at radius 1 is 0.667 bits per heavy atom. The lowest BCUT2D eigenvalue weighted by atomic mass is 9.94. The van der Waals surface area contributed by atoms with E-state index in [0.717, 1.165) is 67.4 Å². The summed E-state index contributed by atoms with van der Waals surface area (Å²) in [4.78, 5) is 24.6. The smallest absolute Gasteiger partial charge is 0.224 e. The molecule has 2 N–H and O–H groups in total. The van der Waals surface area contributed by atoms with Crippen LogP contribution in [0.2, 0.25) is 0 Å². The monoisotopic (exact) mass is 450 g/mol. The molecule has 0 radical (unpaired) electrons. The second-order valence-electron chi connectivity index (χ2n) is 9.08. The van der Waals surface area contributed by atoms with E-state index in [1.54, 1.807) is 0 Å². The number of amides is 2. The highest BCUT2D eigenvalue weighted by atomic mass is 16.2. The Kier molecular flexibility index (Phi) is 10.6. The molecule has 0 aliphatic heterocycles. The van der Waals surface area contributed by atoms with Crippen molar-refractivity contribution in [2.24, 2.45) is 0 Å². The first-order valence-corrected chi connectivity index (χ1v) is 12.7. The number of rotatable bonds is 12. The molecule has 2 aromatic rings. The predicted molar refractivity (Wildman–Crippen MR) is 140 cm³/mol. The van der Waals surface area contributed by atoms with Crippen LogP contribution in [0.25, 0.3) is 0 Å². The van der Waals surface area contributed by atoms with E-state index in [0.29, 0.717) is 12.8 Å². The Labute approximate surface area is 200 Å². The molecule has 0 saturated carbocycles. The summed E-state index contributed by atoms with van der Waals surface area (Å²) in [7, 11) is 0. The highest BCUT2D eigenvalue weighted by Gasteiger charge is 2.14. The number of carbonyl (C=O) groups is 2. The SMILES string of the molecule is CCCCC(=O)Nc1c(C)cc(Cc2cc(C)c(NC(=O)CCCC)c(CC)c2)cc1CC. The number of benzene rings is 2. The Hall–Kier alpha value is -2.62. The van der Waals surface area contributed by atoms with Crippen molar-refractivity contribution in [2.45, 2.75) is 99.3 Å². The molecule has 180 valence electrons. The molecule has 0 aliphatic carbocycles. The summed E-state index contributed by atoms with van der Waals surface area (Å²) in [6.07, 6.45) is 7.59. The maximum Gasteiger partial charge on any atom is 0.224 e. The number of anilines is 2. The van der Waals surface area contributed by atoms with E-state index >= 15 is 0 Å². The zero-order valence-electron chi connectivity index (χ0n) is 21.5. The van der Waals surface area contributed by atoms with Crippen LogP contribution in [0.3, 0.4) is 0 Å². The van der Waals surface area contributed by atoms with Gasteiger partial charge in [0.05, 0.1) is 0 Å². The fraction of sp³-hybridized carbons (Fsp3) is 0.517. The standard InChI is InChI=1S/C29H42N2O2/c1-7-11-13-26(32)30-28-20(5)15-22(18-24(28)9-3)17-23-16-21(6)29(25(10-4)19-23)31-27(33)14-12-8-2/h15-16,18-19H,7-14,17H2,1-6H3,(H,30,32)(H,31,33). The van der Waals surface area contributed by atoms with Crippen molar-refractivity contribution in [3.8, 4) is 0 Å². The summed E-state index contributed by atoms with van der Waals surface area (Å²) in [6.45, 7) is 12.6. The predicted octanol–water partition coefficient (Wildman–Crippen LogP) is 7.28. The Morgan fingerprint density at radius 2 is 1.06 bits per heavy atom. The second kappa shape index (κ2) is 13.2. The number of carbonyl (C=O) groups excluding carboxylic acids is 2. The molecule has 0 saturated heterocycles. The average Bonchev–Trinajstić information content (AvgIpc) is 2.79. The van der Waals surface area contributed by atoms with E-state index in [9.17, 15) is 9.59 Å². The first-order chi connectivity index (χ1) is 15.8. The fourth-order valence-corrected chi connectivity index (χ4v) is 4.32. The van der Waals surface area contributed by atoms with Gasteiger partial charge in [0.2, 0.25) is 11.8 Å². The fourth-order valence-electron chi connectivity index (χ4n) is 4.32. The van der Waals surface area contributed by atoms with E-state index in [-0.39, 0.29) is 11.8 Å². The van der Waals surface area contributed by atoms with Gasteiger partial charge in [-0.25, -0.2) is 0 Å². The summed E-state index contributed by atoms with van der Waals surface area (Å²) in [5, 5.41) is 6.29. The topological polar surface area (TPSA) is 58.2 Å². The normalized spacial score (nSPS) is 10.8. The summed E-state index contributed by atoms with van der Waals surface area (Å²) in [5.74, 6) is 0.198. The largest absolute Gasteiger partial charge is 0.326 e. The van der Waals surface area contributed by atoms with Gasteiger partial charge >= 0.3 is 0 Å². The first kappa shape index (κ1) is 26.6. The highest BCUT2D eigenvalue weighted by Crippen LogP contribution is 2.28. The molecule has 0 unspecified atom stereocenters. The third-order valence-electron chi connectivity index (χ3n) is 6.17. The van der Waals surface area contributed by atoms with Crippen LogP contribution in [0.15, 0.2) is 24.3 Å². The Balaban J connectivity index is 2.25. The molecular formula is C29H42N2O2. The van der Waals surface area contributed by atoms with Gasteiger partial charge in [-0.1, -0.05) is 64.8 Å². The minimum Gasteiger partial charge on any atom is -0.326 e. The quantitative estimate of drug-likeness (QED) is 0.357. The van der Waals surface area contributed by atoms with E-state index in [1.807, 2.05) is 0 Å². The number of hydrogen-bond donors (Lipinski definition) is 2. The highest BCUT2D eigenvalue weighted by molar-refractivity contribution is 5.93. The number of aryl methyl sites for hydroxylation is 4. The minimum absolute atomic E-state index is 0.0992. The molecular weight excluding hydrogens is 408 g/mol. The molecule has 2 rings (SSSR count). The molecule has 2 amide bonds. The third-order valence-corrected chi connectivity index (χ3v) is 6.17. The van der Waals surface area contributed by atoms with Gasteiger partial charge in [-0.2, -0.15) is 0 Å².